The van der Waals surface area contributed by atoms with Gasteiger partial charge in [-0.05, 0) is 25.5 Å². The number of nitro groups is 1. The SMILES string of the molecule is COC(=O)[C@H](C)N(C)c1nc(NCc2cnn(Cc3ccc(Cl)nc3)c2)nc(C)c1[N+](=O)[O-]. The molecule has 0 bridgehead atoms. The predicted molar refractivity (Wildman–Crippen MR) is 121 cm³/mol. The molecule has 0 aliphatic rings. The van der Waals surface area contributed by atoms with Gasteiger partial charge in [0.2, 0.25) is 11.8 Å². The van der Waals surface area contributed by atoms with E-state index in [0.717, 1.165) is 11.1 Å². The third kappa shape index (κ3) is 5.71. The van der Waals surface area contributed by atoms with Crippen LogP contribution in [-0.4, -0.2) is 55.8 Å². The number of esters is 1. The molecule has 3 heterocycles. The Balaban J connectivity index is 1.76. The molecule has 3 rings (SSSR count). The molecule has 0 amide bonds. The molecule has 0 saturated heterocycles. The quantitative estimate of drug-likeness (QED) is 0.213. The summed E-state index contributed by atoms with van der Waals surface area (Å²) in [5.74, 6) is -0.341. The smallest absolute Gasteiger partial charge is 0.332 e. The summed E-state index contributed by atoms with van der Waals surface area (Å²) in [5.41, 5.74) is 1.70. The Labute approximate surface area is 194 Å². The summed E-state index contributed by atoms with van der Waals surface area (Å²) in [4.78, 5) is 36.9. The van der Waals surface area contributed by atoms with Crippen molar-refractivity contribution in [1.29, 1.82) is 0 Å². The van der Waals surface area contributed by atoms with Gasteiger partial charge in [-0.3, -0.25) is 14.8 Å². The lowest BCUT2D eigenvalue weighted by atomic mass is 10.2. The maximum atomic E-state index is 11.9. The van der Waals surface area contributed by atoms with E-state index in [2.05, 4.69) is 25.4 Å². The standard InChI is InChI=1S/C20H23ClN8O4/c1-12-17(29(31)32)18(27(3)13(2)19(30)33-4)26-20(25-12)23-8-15-9-24-28(11-15)10-14-5-6-16(21)22-7-14/h5-7,9,11,13H,8,10H2,1-4H3,(H,23,25,26)/t13-/m0/s1. The van der Waals surface area contributed by atoms with Crippen molar-refractivity contribution in [3.05, 3.63) is 62.8 Å². The molecule has 0 aromatic carbocycles. The van der Waals surface area contributed by atoms with Crippen molar-refractivity contribution in [2.24, 2.45) is 0 Å². The number of carbonyl (C=O) groups excluding carboxylic acids is 1. The normalized spacial score (nSPS) is 11.7. The molecule has 0 fully saturated rings. The fourth-order valence-corrected chi connectivity index (χ4v) is 3.17. The number of hydrogen-bond donors (Lipinski definition) is 1. The van der Waals surface area contributed by atoms with Crippen LogP contribution in [0.1, 0.15) is 23.7 Å². The first kappa shape index (κ1) is 23.9. The molecule has 1 N–H and O–H groups in total. The molecular formula is C20H23ClN8O4. The summed E-state index contributed by atoms with van der Waals surface area (Å²) < 4.78 is 6.49. The number of aryl methyl sites for hydroxylation is 1. The van der Waals surface area contributed by atoms with Crippen molar-refractivity contribution < 1.29 is 14.5 Å². The minimum absolute atomic E-state index is 0.0128. The summed E-state index contributed by atoms with van der Waals surface area (Å²) in [6.07, 6.45) is 5.23. The van der Waals surface area contributed by atoms with E-state index >= 15 is 0 Å². The molecule has 0 radical (unpaired) electrons. The fraction of sp³-hybridized carbons (Fsp3) is 0.350. The van der Waals surface area contributed by atoms with Crippen LogP contribution in [0.5, 0.6) is 0 Å². The van der Waals surface area contributed by atoms with E-state index in [4.69, 9.17) is 16.3 Å². The van der Waals surface area contributed by atoms with Gasteiger partial charge in [-0.1, -0.05) is 17.7 Å². The summed E-state index contributed by atoms with van der Waals surface area (Å²) in [7, 11) is 2.79. The molecule has 13 heteroatoms. The van der Waals surface area contributed by atoms with Crippen LogP contribution in [0.2, 0.25) is 5.15 Å². The number of hydrogen-bond acceptors (Lipinski definition) is 10. The van der Waals surface area contributed by atoms with Gasteiger partial charge in [-0.2, -0.15) is 10.1 Å². The fourth-order valence-electron chi connectivity index (χ4n) is 3.06. The third-order valence-electron chi connectivity index (χ3n) is 4.95. The third-order valence-corrected chi connectivity index (χ3v) is 5.17. The molecule has 0 unspecified atom stereocenters. The maximum absolute atomic E-state index is 11.9. The largest absolute Gasteiger partial charge is 0.467 e. The molecule has 0 spiro atoms. The first-order valence-electron chi connectivity index (χ1n) is 9.89. The number of anilines is 2. The Hall–Kier alpha value is -3.80. The molecule has 12 nitrogen and oxygen atoms in total. The number of rotatable bonds is 9. The van der Waals surface area contributed by atoms with Gasteiger partial charge in [0.1, 0.15) is 16.9 Å². The lowest BCUT2D eigenvalue weighted by Crippen LogP contribution is -2.38. The van der Waals surface area contributed by atoms with Gasteiger partial charge in [0, 0.05) is 31.5 Å². The molecule has 33 heavy (non-hydrogen) atoms. The van der Waals surface area contributed by atoms with Gasteiger partial charge in [-0.15, -0.1) is 0 Å². The monoisotopic (exact) mass is 474 g/mol. The van der Waals surface area contributed by atoms with Crippen LogP contribution >= 0.6 is 11.6 Å². The van der Waals surface area contributed by atoms with E-state index in [1.807, 2.05) is 12.3 Å². The number of pyridine rings is 1. The average Bonchev–Trinajstić information content (AvgIpc) is 3.24. The highest BCUT2D eigenvalue weighted by atomic mass is 35.5. The average molecular weight is 475 g/mol. The van der Waals surface area contributed by atoms with Crippen LogP contribution in [-0.2, 0) is 22.6 Å². The van der Waals surface area contributed by atoms with Gasteiger partial charge < -0.3 is 15.0 Å². The first-order chi connectivity index (χ1) is 15.7. The van der Waals surface area contributed by atoms with Crippen LogP contribution in [0.25, 0.3) is 0 Å². The van der Waals surface area contributed by atoms with Gasteiger partial charge in [-0.25, -0.2) is 14.8 Å². The molecule has 174 valence electrons. The van der Waals surface area contributed by atoms with E-state index < -0.39 is 16.9 Å². The van der Waals surface area contributed by atoms with Gasteiger partial charge in [0.15, 0.2) is 0 Å². The van der Waals surface area contributed by atoms with Crippen LogP contribution in [0.3, 0.4) is 0 Å². The predicted octanol–water partition coefficient (Wildman–Crippen LogP) is 2.60. The minimum atomic E-state index is -0.781. The van der Waals surface area contributed by atoms with Crippen LogP contribution in [0, 0.1) is 17.0 Å². The highest BCUT2D eigenvalue weighted by Crippen LogP contribution is 2.30. The second kappa shape index (κ2) is 10.2. The number of nitrogens with zero attached hydrogens (tertiary/aromatic N) is 7. The van der Waals surface area contributed by atoms with Gasteiger partial charge >= 0.3 is 11.7 Å². The molecule has 0 aliphatic carbocycles. The summed E-state index contributed by atoms with van der Waals surface area (Å²) in [6.45, 7) is 3.96. The number of carbonyl (C=O) groups is 1. The van der Waals surface area contributed by atoms with E-state index in [1.54, 1.807) is 30.1 Å². The zero-order chi connectivity index (χ0) is 24.1. The van der Waals surface area contributed by atoms with Crippen molar-refractivity contribution in [3.63, 3.8) is 0 Å². The lowest BCUT2D eigenvalue weighted by Gasteiger charge is -2.24. The number of aromatic nitrogens is 5. The van der Waals surface area contributed by atoms with E-state index in [9.17, 15) is 14.9 Å². The zero-order valence-electron chi connectivity index (χ0n) is 18.5. The molecule has 1 atom stereocenters. The number of halogens is 1. The Morgan fingerprint density at radius 2 is 2.09 bits per heavy atom. The Morgan fingerprint density at radius 3 is 2.73 bits per heavy atom. The Bertz CT molecular complexity index is 1150. The number of ether oxygens (including phenoxy) is 1. The summed E-state index contributed by atoms with van der Waals surface area (Å²) >= 11 is 5.81. The van der Waals surface area contributed by atoms with Gasteiger partial charge in [0.25, 0.3) is 0 Å². The minimum Gasteiger partial charge on any atom is -0.467 e. The zero-order valence-corrected chi connectivity index (χ0v) is 19.3. The highest BCUT2D eigenvalue weighted by molar-refractivity contribution is 6.29. The second-order valence-corrected chi connectivity index (χ2v) is 7.65. The van der Waals surface area contributed by atoms with E-state index in [-0.39, 0.29) is 23.1 Å². The molecule has 0 saturated carbocycles. The topological polar surface area (TPSA) is 141 Å². The van der Waals surface area contributed by atoms with Crippen LogP contribution in [0.15, 0.2) is 30.7 Å². The van der Waals surface area contributed by atoms with Crippen molar-refractivity contribution in [2.45, 2.75) is 33.0 Å². The van der Waals surface area contributed by atoms with Crippen molar-refractivity contribution in [3.8, 4) is 0 Å². The summed E-state index contributed by atoms with van der Waals surface area (Å²) in [5, 5.41) is 19.4. The number of methoxy groups -OCH3 is 1. The number of nitrogens with one attached hydrogen (secondary N) is 1. The second-order valence-electron chi connectivity index (χ2n) is 7.26. The Morgan fingerprint density at radius 1 is 1.33 bits per heavy atom. The van der Waals surface area contributed by atoms with Crippen LogP contribution < -0.4 is 10.2 Å². The summed E-state index contributed by atoms with van der Waals surface area (Å²) in [6, 6.07) is 2.80. The number of likely N-dealkylation sites (N-methyl/N-ethyl adjacent to an activating group) is 1. The molecule has 0 aliphatic heterocycles. The highest BCUT2D eigenvalue weighted by Gasteiger charge is 2.30. The Kier molecular flexibility index (Phi) is 7.38. The van der Waals surface area contributed by atoms with Crippen molar-refractivity contribution in [1.82, 2.24) is 24.7 Å². The first-order valence-corrected chi connectivity index (χ1v) is 10.3. The van der Waals surface area contributed by atoms with E-state index in [1.165, 1.54) is 26.0 Å². The lowest BCUT2D eigenvalue weighted by molar-refractivity contribution is -0.385. The van der Waals surface area contributed by atoms with Crippen molar-refractivity contribution in [2.75, 3.05) is 24.4 Å². The van der Waals surface area contributed by atoms with Crippen molar-refractivity contribution >= 4 is 35.0 Å². The van der Waals surface area contributed by atoms with E-state index in [0.29, 0.717) is 18.2 Å². The molecular weight excluding hydrogens is 452 g/mol. The molecule has 3 aromatic heterocycles. The van der Waals surface area contributed by atoms with Crippen LogP contribution in [0.4, 0.5) is 17.5 Å². The molecule has 3 aromatic rings. The van der Waals surface area contributed by atoms with Gasteiger partial charge in [0.05, 0.1) is 24.8 Å². The maximum Gasteiger partial charge on any atom is 0.332 e.